The number of piperidine rings is 1. The van der Waals surface area contributed by atoms with Crippen molar-refractivity contribution in [3.05, 3.63) is 47.5 Å². The van der Waals surface area contributed by atoms with E-state index in [-0.39, 0.29) is 5.41 Å². The number of para-hydroxylation sites is 1. The van der Waals surface area contributed by atoms with Crippen LogP contribution in [0.4, 0.5) is 11.4 Å². The molecule has 0 radical (unpaired) electrons. The van der Waals surface area contributed by atoms with Gasteiger partial charge < -0.3 is 15.0 Å². The van der Waals surface area contributed by atoms with Crippen LogP contribution in [0, 0.1) is 0 Å². The molecule has 1 saturated heterocycles. The summed E-state index contributed by atoms with van der Waals surface area (Å²) in [6, 6.07) is 11.7. The summed E-state index contributed by atoms with van der Waals surface area (Å²) in [5.74, 6) is 0.902. The maximum Gasteiger partial charge on any atom is 0.147 e. The Morgan fingerprint density at radius 3 is 2.58 bits per heavy atom. The lowest BCUT2D eigenvalue weighted by atomic mass is 9.64. The molecule has 3 aliphatic rings. The Labute approximate surface area is 196 Å². The lowest BCUT2D eigenvalue weighted by Crippen LogP contribution is -2.39. The van der Waals surface area contributed by atoms with Gasteiger partial charge in [0, 0.05) is 24.4 Å². The molecule has 6 nitrogen and oxygen atoms in total. The quantitative estimate of drug-likeness (QED) is 0.699. The van der Waals surface area contributed by atoms with Gasteiger partial charge in [0.2, 0.25) is 0 Å². The van der Waals surface area contributed by atoms with Gasteiger partial charge >= 0.3 is 0 Å². The third-order valence-electron chi connectivity index (χ3n) is 7.66. The third kappa shape index (κ3) is 3.95. The molecule has 0 bridgehead atoms. The zero-order chi connectivity index (χ0) is 23.2. The van der Waals surface area contributed by atoms with Crippen molar-refractivity contribution in [1.29, 1.82) is 0 Å². The lowest BCUT2D eigenvalue weighted by molar-refractivity contribution is -0.125. The van der Waals surface area contributed by atoms with Crippen LogP contribution >= 0.6 is 0 Å². The summed E-state index contributed by atoms with van der Waals surface area (Å²) in [5, 5.41) is 3.74. The molecule has 0 amide bonds. The predicted octanol–water partition coefficient (Wildman–Crippen LogP) is 4.54. The summed E-state index contributed by atoms with van der Waals surface area (Å²) >= 11 is 0. The van der Waals surface area contributed by atoms with Crippen LogP contribution < -0.4 is 10.1 Å². The van der Waals surface area contributed by atoms with Crippen molar-refractivity contribution in [1.82, 2.24) is 4.90 Å². The molecular formula is C26H33N3O3S. The molecule has 2 aromatic carbocycles. The number of hydrogen-bond acceptors (Lipinski definition) is 6. The maximum atomic E-state index is 13.7. The molecule has 1 unspecified atom stereocenters. The second-order valence-corrected chi connectivity index (χ2v) is 12.0. The highest BCUT2D eigenvalue weighted by Gasteiger charge is 2.51. The molecule has 1 saturated carbocycles. The van der Waals surface area contributed by atoms with Crippen molar-refractivity contribution < 1.29 is 13.7 Å². The average Bonchev–Trinajstić information content (AvgIpc) is 3.07. The molecule has 5 rings (SSSR count). The number of fused-ring (bicyclic) bond motifs is 2. The molecule has 7 heteroatoms. The number of carbonyl (C=O) groups excluding carboxylic acids is 1. The van der Waals surface area contributed by atoms with Crippen molar-refractivity contribution in [2.75, 3.05) is 38.8 Å². The number of carbonyl (C=O) groups is 1. The Hall–Kier alpha value is -2.38. The first kappa shape index (κ1) is 22.4. The number of anilines is 1. The van der Waals surface area contributed by atoms with Crippen LogP contribution in [0.3, 0.4) is 0 Å². The third-order valence-corrected chi connectivity index (χ3v) is 9.38. The zero-order valence-corrected chi connectivity index (χ0v) is 20.5. The number of ketones is 1. The molecular weight excluding hydrogens is 434 g/mol. The van der Waals surface area contributed by atoms with Gasteiger partial charge in [-0.05, 0) is 81.2 Å². The average molecular weight is 468 g/mol. The molecule has 176 valence electrons. The number of rotatable bonds is 5. The number of nitrogens with zero attached hydrogens (tertiary/aromatic N) is 2. The van der Waals surface area contributed by atoms with Crippen LogP contribution in [-0.4, -0.2) is 54.4 Å². The van der Waals surface area contributed by atoms with Gasteiger partial charge in [-0.15, -0.1) is 0 Å². The van der Waals surface area contributed by atoms with Crippen molar-refractivity contribution in [3.8, 4) is 5.75 Å². The number of benzene rings is 2. The van der Waals surface area contributed by atoms with Crippen LogP contribution in [0.15, 0.2) is 45.7 Å². The molecule has 1 heterocycles. The second kappa shape index (κ2) is 8.44. The first-order valence-corrected chi connectivity index (χ1v) is 13.8. The normalized spacial score (nSPS) is 21.8. The Morgan fingerprint density at radius 1 is 1.18 bits per heavy atom. The number of ether oxygens (including phenoxy) is 1. The van der Waals surface area contributed by atoms with Gasteiger partial charge in [0.05, 0.1) is 32.8 Å². The SMILES string of the molecule is COc1ccccc1S(C)(=O)=Nc1cc(NC2CCN(C)CC2)c2c(c1)C1(CCC1)C(=O)C2. The molecule has 1 aliphatic heterocycles. The first-order chi connectivity index (χ1) is 15.8. The Balaban J connectivity index is 1.59. The number of hydrogen-bond donors (Lipinski definition) is 1. The van der Waals surface area contributed by atoms with E-state index in [4.69, 9.17) is 9.10 Å². The predicted molar refractivity (Wildman–Crippen MR) is 132 cm³/mol. The summed E-state index contributed by atoms with van der Waals surface area (Å²) in [5.41, 5.74) is 3.53. The molecule has 2 fully saturated rings. The van der Waals surface area contributed by atoms with Crippen molar-refractivity contribution in [2.24, 2.45) is 4.36 Å². The Morgan fingerprint density at radius 2 is 1.91 bits per heavy atom. The van der Waals surface area contributed by atoms with E-state index in [1.54, 1.807) is 13.4 Å². The van der Waals surface area contributed by atoms with Gasteiger partial charge in [0.1, 0.15) is 11.5 Å². The summed E-state index contributed by atoms with van der Waals surface area (Å²) in [4.78, 5) is 16.0. The van der Waals surface area contributed by atoms with Crippen molar-refractivity contribution in [2.45, 2.75) is 54.9 Å². The van der Waals surface area contributed by atoms with Gasteiger partial charge in [-0.3, -0.25) is 4.79 Å². The highest BCUT2D eigenvalue weighted by Crippen LogP contribution is 2.53. The number of methoxy groups -OCH3 is 1. The van der Waals surface area contributed by atoms with Crippen LogP contribution in [0.25, 0.3) is 0 Å². The van der Waals surface area contributed by atoms with Crippen molar-refractivity contribution >= 4 is 26.9 Å². The minimum atomic E-state index is -2.74. The van der Waals surface area contributed by atoms with Gasteiger partial charge in [0.25, 0.3) is 0 Å². The fourth-order valence-corrected chi connectivity index (χ4v) is 7.03. The minimum absolute atomic E-state index is 0.328. The van der Waals surface area contributed by atoms with Crippen LogP contribution in [0.5, 0.6) is 5.75 Å². The molecule has 1 spiro atoms. The van der Waals surface area contributed by atoms with E-state index >= 15 is 0 Å². The van der Waals surface area contributed by atoms with Gasteiger partial charge in [0.15, 0.2) is 0 Å². The lowest BCUT2D eigenvalue weighted by Gasteiger charge is -2.38. The summed E-state index contributed by atoms with van der Waals surface area (Å²) < 4.78 is 23.9. The fourth-order valence-electron chi connectivity index (χ4n) is 5.57. The van der Waals surface area contributed by atoms with Gasteiger partial charge in [-0.1, -0.05) is 18.6 Å². The molecule has 33 heavy (non-hydrogen) atoms. The maximum absolute atomic E-state index is 13.7. The largest absolute Gasteiger partial charge is 0.495 e. The zero-order valence-electron chi connectivity index (χ0n) is 19.7. The van der Waals surface area contributed by atoms with E-state index < -0.39 is 9.73 Å². The van der Waals surface area contributed by atoms with E-state index in [0.717, 1.165) is 62.0 Å². The van der Waals surface area contributed by atoms with Gasteiger partial charge in [-0.25, -0.2) is 4.21 Å². The number of likely N-dealkylation sites (tertiary alicyclic amines) is 1. The smallest absolute Gasteiger partial charge is 0.147 e. The number of Topliss-reactive ketones (excluding diaryl/α,β-unsaturated/α-hetero) is 1. The fraction of sp³-hybridized carbons (Fsp3) is 0.500. The summed E-state index contributed by atoms with van der Waals surface area (Å²) in [6.07, 6.45) is 7.17. The summed E-state index contributed by atoms with van der Waals surface area (Å²) in [6.45, 7) is 2.12. The molecule has 2 aliphatic carbocycles. The standard InChI is InChI=1S/C26H33N3O3S/c1-29-13-9-18(10-14-29)27-22-16-19(15-21-20(22)17-25(30)26(21)11-6-12-26)28-33(3,31)24-8-5-4-7-23(24)32-2/h4-5,7-8,15-16,18,27H,6,9-14,17H2,1-3H3. The monoisotopic (exact) mass is 467 g/mol. The van der Waals surface area contributed by atoms with Crippen LogP contribution in [-0.2, 0) is 26.4 Å². The Kier molecular flexibility index (Phi) is 5.73. The van der Waals surface area contributed by atoms with Crippen LogP contribution in [0.2, 0.25) is 0 Å². The topological polar surface area (TPSA) is 71.0 Å². The highest BCUT2D eigenvalue weighted by molar-refractivity contribution is 7.93. The summed E-state index contributed by atoms with van der Waals surface area (Å²) in [7, 11) is 0.998. The molecule has 1 atom stereocenters. The van der Waals surface area contributed by atoms with E-state index in [2.05, 4.69) is 17.3 Å². The van der Waals surface area contributed by atoms with E-state index in [1.165, 1.54) is 0 Å². The molecule has 0 aromatic heterocycles. The van der Waals surface area contributed by atoms with E-state index in [0.29, 0.717) is 34.6 Å². The van der Waals surface area contributed by atoms with E-state index in [9.17, 15) is 9.00 Å². The van der Waals surface area contributed by atoms with Gasteiger partial charge in [-0.2, -0.15) is 4.36 Å². The number of nitrogens with one attached hydrogen (secondary N) is 1. The first-order valence-electron chi connectivity index (χ1n) is 11.8. The second-order valence-electron chi connectivity index (χ2n) is 9.82. The molecule has 2 aromatic rings. The van der Waals surface area contributed by atoms with Crippen LogP contribution in [0.1, 0.15) is 43.2 Å². The van der Waals surface area contributed by atoms with E-state index in [1.807, 2.05) is 36.4 Å². The minimum Gasteiger partial charge on any atom is -0.495 e. The molecule has 1 N–H and O–H groups in total. The Bertz CT molecular complexity index is 1200. The highest BCUT2D eigenvalue weighted by atomic mass is 32.2. The van der Waals surface area contributed by atoms with Crippen molar-refractivity contribution in [3.63, 3.8) is 0 Å².